The summed E-state index contributed by atoms with van der Waals surface area (Å²) in [5, 5.41) is 11.5. The second kappa shape index (κ2) is 5.07. The molecule has 0 spiro atoms. The van der Waals surface area contributed by atoms with Crippen molar-refractivity contribution >= 4 is 11.9 Å². The van der Waals surface area contributed by atoms with Gasteiger partial charge in [-0.15, -0.1) is 0 Å². The third-order valence-electron chi connectivity index (χ3n) is 1.87. The summed E-state index contributed by atoms with van der Waals surface area (Å²) in [5.41, 5.74) is 0.915. The minimum atomic E-state index is -0.557. The molecule has 0 fully saturated rings. The first kappa shape index (κ1) is 11.9. The first-order chi connectivity index (χ1) is 7.56. The molecule has 1 aromatic heterocycles. The number of nitriles is 1. The van der Waals surface area contributed by atoms with Crippen LogP contribution in [-0.2, 0) is 9.53 Å². The number of hydrogen-bond donors (Lipinski definition) is 1. The van der Waals surface area contributed by atoms with Crippen LogP contribution in [0.2, 0.25) is 0 Å². The summed E-state index contributed by atoms with van der Waals surface area (Å²) in [4.78, 5) is 19.1. The summed E-state index contributed by atoms with van der Waals surface area (Å²) in [7, 11) is 1.30. The fourth-order valence-corrected chi connectivity index (χ4v) is 1.12. The molecule has 0 aliphatic rings. The van der Waals surface area contributed by atoms with Gasteiger partial charge in [0.25, 0.3) is 0 Å². The molecule has 6 nitrogen and oxygen atoms in total. The Balaban J connectivity index is 2.86. The average molecular weight is 220 g/mol. The average Bonchev–Trinajstić information content (AvgIpc) is 2.26. The smallest absolute Gasteiger partial charge is 0.328 e. The van der Waals surface area contributed by atoms with E-state index in [0.29, 0.717) is 5.69 Å². The van der Waals surface area contributed by atoms with Gasteiger partial charge in [-0.2, -0.15) is 5.26 Å². The molecule has 0 aromatic carbocycles. The maximum Gasteiger partial charge on any atom is 0.328 e. The van der Waals surface area contributed by atoms with E-state index in [2.05, 4.69) is 20.0 Å². The van der Waals surface area contributed by atoms with Crippen LogP contribution >= 0.6 is 0 Å². The summed E-state index contributed by atoms with van der Waals surface area (Å²) in [6.45, 7) is 3.38. The molecule has 0 amide bonds. The van der Waals surface area contributed by atoms with E-state index < -0.39 is 12.0 Å². The molecule has 6 heteroatoms. The molecule has 1 heterocycles. The lowest BCUT2D eigenvalue weighted by atomic mass is 10.3. The molecule has 0 bridgehead atoms. The van der Waals surface area contributed by atoms with Crippen molar-refractivity contribution in [3.63, 3.8) is 0 Å². The van der Waals surface area contributed by atoms with E-state index >= 15 is 0 Å². The van der Waals surface area contributed by atoms with Crippen molar-refractivity contribution in [1.82, 2.24) is 9.97 Å². The molecule has 0 aliphatic carbocycles. The van der Waals surface area contributed by atoms with Crippen molar-refractivity contribution in [2.75, 3.05) is 12.4 Å². The molecule has 0 saturated heterocycles. The highest BCUT2D eigenvalue weighted by Crippen LogP contribution is 2.05. The second-order valence-electron chi connectivity index (χ2n) is 3.22. The van der Waals surface area contributed by atoms with Crippen molar-refractivity contribution in [3.8, 4) is 6.07 Å². The molecular weight excluding hydrogens is 208 g/mol. The van der Waals surface area contributed by atoms with Crippen LogP contribution in [0.15, 0.2) is 6.07 Å². The van der Waals surface area contributed by atoms with Gasteiger partial charge >= 0.3 is 5.97 Å². The standard InChI is InChI=1S/C10H12N4O2/c1-6-4-8(5-11)14-10(12-6)13-7(2)9(15)16-3/h4,7H,1-3H3,(H,12,13,14). The number of aryl methyl sites for hydroxylation is 1. The Morgan fingerprint density at radius 2 is 2.31 bits per heavy atom. The SMILES string of the molecule is COC(=O)C(C)Nc1nc(C)cc(C#N)n1. The van der Waals surface area contributed by atoms with Crippen molar-refractivity contribution in [1.29, 1.82) is 5.26 Å². The van der Waals surface area contributed by atoms with E-state index in [1.807, 2.05) is 6.07 Å². The lowest BCUT2D eigenvalue weighted by Gasteiger charge is -2.11. The zero-order chi connectivity index (χ0) is 12.1. The van der Waals surface area contributed by atoms with Crippen LogP contribution in [0, 0.1) is 18.3 Å². The third-order valence-corrected chi connectivity index (χ3v) is 1.87. The summed E-state index contributed by atoms with van der Waals surface area (Å²) < 4.78 is 4.55. The van der Waals surface area contributed by atoms with E-state index in [0.717, 1.165) is 0 Å². The molecule has 0 radical (unpaired) electrons. The maximum atomic E-state index is 11.2. The van der Waals surface area contributed by atoms with Gasteiger partial charge in [-0.3, -0.25) is 0 Å². The van der Waals surface area contributed by atoms with E-state index in [1.165, 1.54) is 7.11 Å². The van der Waals surface area contributed by atoms with Crippen molar-refractivity contribution in [3.05, 3.63) is 17.5 Å². The number of nitrogens with one attached hydrogen (secondary N) is 1. The summed E-state index contributed by atoms with van der Waals surface area (Å²) in [6, 6.07) is 2.92. The molecule has 1 N–H and O–H groups in total. The van der Waals surface area contributed by atoms with Crippen LogP contribution in [-0.4, -0.2) is 29.1 Å². The molecule has 1 unspecified atom stereocenters. The Hall–Kier alpha value is -2.16. The molecule has 16 heavy (non-hydrogen) atoms. The highest BCUT2D eigenvalue weighted by Gasteiger charge is 2.14. The first-order valence-corrected chi connectivity index (χ1v) is 4.67. The quantitative estimate of drug-likeness (QED) is 0.751. The normalized spacial score (nSPS) is 11.4. The van der Waals surface area contributed by atoms with Gasteiger partial charge < -0.3 is 10.1 Å². The Morgan fingerprint density at radius 1 is 1.62 bits per heavy atom. The lowest BCUT2D eigenvalue weighted by Crippen LogP contribution is -2.28. The van der Waals surface area contributed by atoms with Crippen LogP contribution in [0.25, 0.3) is 0 Å². The van der Waals surface area contributed by atoms with Gasteiger partial charge in [-0.05, 0) is 19.9 Å². The van der Waals surface area contributed by atoms with Gasteiger partial charge in [-0.25, -0.2) is 14.8 Å². The van der Waals surface area contributed by atoms with Gasteiger partial charge in [0.05, 0.1) is 7.11 Å². The van der Waals surface area contributed by atoms with Crippen LogP contribution in [0.5, 0.6) is 0 Å². The third kappa shape index (κ3) is 2.92. The number of methoxy groups -OCH3 is 1. The van der Waals surface area contributed by atoms with Crippen LogP contribution in [0.4, 0.5) is 5.95 Å². The molecule has 1 rings (SSSR count). The topological polar surface area (TPSA) is 87.9 Å². The van der Waals surface area contributed by atoms with Crippen LogP contribution in [0.1, 0.15) is 18.3 Å². The largest absolute Gasteiger partial charge is 0.467 e. The van der Waals surface area contributed by atoms with E-state index in [9.17, 15) is 4.79 Å². The summed E-state index contributed by atoms with van der Waals surface area (Å²) in [5.74, 6) is -0.168. The highest BCUT2D eigenvalue weighted by molar-refractivity contribution is 5.77. The number of ether oxygens (including phenoxy) is 1. The number of carbonyl (C=O) groups is 1. The minimum Gasteiger partial charge on any atom is -0.467 e. The molecule has 0 aliphatic heterocycles. The zero-order valence-corrected chi connectivity index (χ0v) is 9.31. The molecule has 84 valence electrons. The number of hydrogen-bond acceptors (Lipinski definition) is 6. The first-order valence-electron chi connectivity index (χ1n) is 4.67. The fraction of sp³-hybridized carbons (Fsp3) is 0.400. The van der Waals surface area contributed by atoms with Crippen molar-refractivity contribution < 1.29 is 9.53 Å². The number of carbonyl (C=O) groups excluding carboxylic acids is 1. The summed E-state index contributed by atoms with van der Waals surface area (Å²) >= 11 is 0. The van der Waals surface area contributed by atoms with Crippen LogP contribution in [0.3, 0.4) is 0 Å². The number of anilines is 1. The van der Waals surface area contributed by atoms with Gasteiger partial charge in [0.1, 0.15) is 17.8 Å². The molecule has 0 saturated carbocycles. The Morgan fingerprint density at radius 3 is 2.88 bits per heavy atom. The molecule has 1 aromatic rings. The van der Waals surface area contributed by atoms with Gasteiger partial charge in [0.2, 0.25) is 5.95 Å². The number of rotatable bonds is 3. The van der Waals surface area contributed by atoms with E-state index in [1.54, 1.807) is 19.9 Å². The predicted molar refractivity (Wildman–Crippen MR) is 56.6 cm³/mol. The summed E-state index contributed by atoms with van der Waals surface area (Å²) in [6.07, 6.45) is 0. The molecular formula is C10H12N4O2. The lowest BCUT2D eigenvalue weighted by molar-refractivity contribution is -0.141. The fourth-order valence-electron chi connectivity index (χ4n) is 1.12. The van der Waals surface area contributed by atoms with E-state index in [-0.39, 0.29) is 11.6 Å². The van der Waals surface area contributed by atoms with Crippen molar-refractivity contribution in [2.24, 2.45) is 0 Å². The van der Waals surface area contributed by atoms with Gasteiger partial charge in [0.15, 0.2) is 0 Å². The number of nitrogens with zero attached hydrogens (tertiary/aromatic N) is 3. The Labute approximate surface area is 93.3 Å². The Kier molecular flexibility index (Phi) is 3.78. The van der Waals surface area contributed by atoms with Crippen LogP contribution < -0.4 is 5.32 Å². The second-order valence-corrected chi connectivity index (χ2v) is 3.22. The van der Waals surface area contributed by atoms with Gasteiger partial charge in [-0.1, -0.05) is 0 Å². The Bertz CT molecular complexity index is 439. The van der Waals surface area contributed by atoms with E-state index in [4.69, 9.17) is 5.26 Å². The monoisotopic (exact) mass is 220 g/mol. The molecule has 1 atom stereocenters. The predicted octanol–water partition coefficient (Wildman–Crippen LogP) is 0.630. The highest BCUT2D eigenvalue weighted by atomic mass is 16.5. The minimum absolute atomic E-state index is 0.245. The van der Waals surface area contributed by atoms with Gasteiger partial charge in [0, 0.05) is 5.69 Å². The number of aromatic nitrogens is 2. The number of esters is 1. The van der Waals surface area contributed by atoms with Crippen molar-refractivity contribution in [2.45, 2.75) is 19.9 Å². The maximum absolute atomic E-state index is 11.2. The zero-order valence-electron chi connectivity index (χ0n) is 9.31.